The summed E-state index contributed by atoms with van der Waals surface area (Å²) in [5, 5.41) is 0. The minimum absolute atomic E-state index is 0.0419. The lowest BCUT2D eigenvalue weighted by Crippen LogP contribution is -2.18. The number of hydrogen-bond acceptors (Lipinski definition) is 3. The topological polar surface area (TPSA) is 35.5 Å². The smallest absolute Gasteiger partial charge is 0.196 e. The molecule has 0 bridgehead atoms. The molecule has 0 saturated carbocycles. The van der Waals surface area contributed by atoms with Gasteiger partial charge < -0.3 is 9.47 Å². The van der Waals surface area contributed by atoms with Crippen molar-refractivity contribution in [2.75, 3.05) is 13.2 Å². The van der Waals surface area contributed by atoms with Crippen LogP contribution >= 0.6 is 0 Å². The van der Waals surface area contributed by atoms with E-state index in [2.05, 4.69) is 6.92 Å². The Kier molecular flexibility index (Phi) is 7.09. The van der Waals surface area contributed by atoms with Crippen molar-refractivity contribution < 1.29 is 14.3 Å². The van der Waals surface area contributed by atoms with E-state index in [0.717, 1.165) is 24.3 Å². The normalized spacial score (nSPS) is 14.7. The second-order valence-corrected chi connectivity index (χ2v) is 6.97. The van der Waals surface area contributed by atoms with Crippen LogP contribution < -0.4 is 9.47 Å². The van der Waals surface area contributed by atoms with Crippen LogP contribution in [0, 0.1) is 0 Å². The maximum atomic E-state index is 12.6. The second-order valence-electron chi connectivity index (χ2n) is 6.97. The Labute approximate surface area is 162 Å². The van der Waals surface area contributed by atoms with Crippen molar-refractivity contribution in [3.05, 3.63) is 65.2 Å². The summed E-state index contributed by atoms with van der Waals surface area (Å²) in [5.41, 5.74) is 2.29. The Morgan fingerprint density at radius 2 is 1.70 bits per heavy atom. The Morgan fingerprint density at radius 3 is 2.52 bits per heavy atom. The average Bonchev–Trinajstić information content (AvgIpc) is 2.71. The predicted octanol–water partition coefficient (Wildman–Crippen LogP) is 6.08. The largest absolute Gasteiger partial charge is 0.494 e. The molecule has 1 aliphatic rings. The molecule has 3 rings (SSSR count). The minimum atomic E-state index is 0.0419. The molecule has 0 aliphatic carbocycles. The highest BCUT2D eigenvalue weighted by atomic mass is 16.5. The first-order valence-electron chi connectivity index (χ1n) is 9.98. The van der Waals surface area contributed by atoms with Crippen molar-refractivity contribution in [2.24, 2.45) is 0 Å². The van der Waals surface area contributed by atoms with Gasteiger partial charge in [0.2, 0.25) is 0 Å². The van der Waals surface area contributed by atoms with Gasteiger partial charge in [-0.15, -0.1) is 0 Å². The zero-order chi connectivity index (χ0) is 18.9. The number of fused-ring (bicyclic) bond motifs is 1. The number of ether oxygens (including phenoxy) is 2. The fourth-order valence-electron chi connectivity index (χ4n) is 3.22. The first kappa shape index (κ1) is 19.2. The van der Waals surface area contributed by atoms with Gasteiger partial charge in [0.15, 0.2) is 5.78 Å². The number of carbonyl (C=O) groups excluding carboxylic acids is 1. The number of carbonyl (C=O) groups is 1. The van der Waals surface area contributed by atoms with Crippen molar-refractivity contribution >= 4 is 11.9 Å². The quantitative estimate of drug-likeness (QED) is 0.399. The van der Waals surface area contributed by atoms with Crippen LogP contribution in [-0.2, 0) is 0 Å². The van der Waals surface area contributed by atoms with E-state index in [1.807, 2.05) is 54.6 Å². The maximum Gasteiger partial charge on any atom is 0.196 e. The lowest BCUT2D eigenvalue weighted by atomic mass is 9.98. The number of hydrogen-bond donors (Lipinski definition) is 0. The van der Waals surface area contributed by atoms with E-state index in [4.69, 9.17) is 9.47 Å². The van der Waals surface area contributed by atoms with Crippen LogP contribution in [0.2, 0.25) is 0 Å². The summed E-state index contributed by atoms with van der Waals surface area (Å²) in [5.74, 6) is 1.58. The molecular formula is C24H28O3. The van der Waals surface area contributed by atoms with E-state index in [1.165, 1.54) is 32.1 Å². The molecule has 0 unspecified atom stereocenters. The fraction of sp³-hybridized carbons (Fsp3) is 0.375. The molecule has 27 heavy (non-hydrogen) atoms. The lowest BCUT2D eigenvalue weighted by molar-refractivity contribution is 0.100. The van der Waals surface area contributed by atoms with Crippen molar-refractivity contribution in [3.8, 4) is 11.5 Å². The summed E-state index contributed by atoms with van der Waals surface area (Å²) in [6.07, 6.45) is 9.46. The van der Waals surface area contributed by atoms with Crippen molar-refractivity contribution in [2.45, 2.75) is 45.4 Å². The Morgan fingerprint density at radius 1 is 0.963 bits per heavy atom. The molecule has 0 radical (unpaired) electrons. The van der Waals surface area contributed by atoms with Crippen LogP contribution in [-0.4, -0.2) is 19.0 Å². The molecule has 2 aromatic rings. The number of ketones is 1. The van der Waals surface area contributed by atoms with Crippen LogP contribution in [0.15, 0.2) is 54.1 Å². The molecule has 0 aromatic heterocycles. The van der Waals surface area contributed by atoms with Crippen LogP contribution in [0.1, 0.15) is 61.4 Å². The molecule has 2 aromatic carbocycles. The van der Waals surface area contributed by atoms with Crippen LogP contribution in [0.4, 0.5) is 0 Å². The van der Waals surface area contributed by atoms with Crippen molar-refractivity contribution in [1.82, 2.24) is 0 Å². The Balaban J connectivity index is 1.51. The van der Waals surface area contributed by atoms with Crippen molar-refractivity contribution in [1.29, 1.82) is 0 Å². The molecule has 1 heterocycles. The molecule has 1 aliphatic heterocycles. The van der Waals surface area contributed by atoms with E-state index in [-0.39, 0.29) is 5.78 Å². The molecule has 0 spiro atoms. The highest BCUT2D eigenvalue weighted by molar-refractivity contribution is 6.14. The van der Waals surface area contributed by atoms with Gasteiger partial charge in [-0.05, 0) is 42.3 Å². The molecule has 0 fully saturated rings. The standard InChI is InChI=1S/C24H28O3/c1-2-3-4-5-6-9-16-26-21-14-12-19(13-15-21)17-20-18-27-23-11-8-7-10-22(23)24(20)25/h7-8,10-15,17H,2-6,9,16,18H2,1H3/b20-17+. The summed E-state index contributed by atoms with van der Waals surface area (Å²) in [4.78, 5) is 12.6. The molecule has 142 valence electrons. The molecule has 0 N–H and O–H groups in total. The van der Waals surface area contributed by atoms with Gasteiger partial charge in [0, 0.05) is 5.57 Å². The first-order chi connectivity index (χ1) is 13.3. The number of unbranched alkanes of at least 4 members (excludes halogenated alkanes) is 5. The minimum Gasteiger partial charge on any atom is -0.494 e. The average molecular weight is 364 g/mol. The van der Waals surface area contributed by atoms with Crippen molar-refractivity contribution in [3.63, 3.8) is 0 Å². The third kappa shape index (κ3) is 5.46. The number of Topliss-reactive ketones (excluding diaryl/α,β-unsaturated/α-hetero) is 1. The van der Waals surface area contributed by atoms with E-state index >= 15 is 0 Å². The molecule has 0 amide bonds. The SMILES string of the molecule is CCCCCCCCOc1ccc(/C=C2\COc3ccccc3C2=O)cc1. The maximum absolute atomic E-state index is 12.6. The van der Waals surface area contributed by atoms with Crippen LogP contribution in [0.25, 0.3) is 6.08 Å². The fourth-order valence-corrected chi connectivity index (χ4v) is 3.22. The zero-order valence-electron chi connectivity index (χ0n) is 16.1. The highest BCUT2D eigenvalue weighted by Gasteiger charge is 2.22. The first-order valence-corrected chi connectivity index (χ1v) is 9.98. The second kappa shape index (κ2) is 9.96. The van der Waals surface area contributed by atoms with E-state index < -0.39 is 0 Å². The van der Waals surface area contributed by atoms with E-state index in [9.17, 15) is 4.79 Å². The molecular weight excluding hydrogens is 336 g/mol. The van der Waals surface area contributed by atoms with Gasteiger partial charge in [0.05, 0.1) is 12.2 Å². The molecule has 3 heteroatoms. The molecule has 0 saturated heterocycles. The Hall–Kier alpha value is -2.55. The zero-order valence-corrected chi connectivity index (χ0v) is 16.1. The van der Waals surface area contributed by atoms with E-state index in [1.54, 1.807) is 0 Å². The number of para-hydroxylation sites is 1. The van der Waals surface area contributed by atoms with Gasteiger partial charge in [-0.25, -0.2) is 0 Å². The lowest BCUT2D eigenvalue weighted by Gasteiger charge is -2.18. The summed E-state index contributed by atoms with van der Waals surface area (Å²) in [7, 11) is 0. The molecule has 0 atom stereocenters. The predicted molar refractivity (Wildman–Crippen MR) is 110 cm³/mol. The van der Waals surface area contributed by atoms with E-state index in [0.29, 0.717) is 23.5 Å². The third-order valence-corrected chi connectivity index (χ3v) is 4.79. The summed E-state index contributed by atoms with van der Waals surface area (Å²) in [6.45, 7) is 3.31. The number of benzene rings is 2. The van der Waals surface area contributed by atoms with Crippen LogP contribution in [0.5, 0.6) is 11.5 Å². The van der Waals surface area contributed by atoms with Gasteiger partial charge in [-0.3, -0.25) is 4.79 Å². The summed E-state index contributed by atoms with van der Waals surface area (Å²) < 4.78 is 11.5. The number of rotatable bonds is 9. The summed E-state index contributed by atoms with van der Waals surface area (Å²) in [6, 6.07) is 15.3. The van der Waals surface area contributed by atoms with Crippen LogP contribution in [0.3, 0.4) is 0 Å². The monoisotopic (exact) mass is 364 g/mol. The van der Waals surface area contributed by atoms with Gasteiger partial charge in [-0.1, -0.05) is 63.3 Å². The van der Waals surface area contributed by atoms with Gasteiger partial charge >= 0.3 is 0 Å². The van der Waals surface area contributed by atoms with Gasteiger partial charge in [0.1, 0.15) is 18.1 Å². The Bertz CT molecular complexity index is 774. The molecule has 3 nitrogen and oxygen atoms in total. The summed E-state index contributed by atoms with van der Waals surface area (Å²) >= 11 is 0. The third-order valence-electron chi connectivity index (χ3n) is 4.79. The van der Waals surface area contributed by atoms with Gasteiger partial charge in [0.25, 0.3) is 0 Å². The highest BCUT2D eigenvalue weighted by Crippen LogP contribution is 2.27. The van der Waals surface area contributed by atoms with Gasteiger partial charge in [-0.2, -0.15) is 0 Å².